The van der Waals surface area contributed by atoms with Gasteiger partial charge in [0.25, 0.3) is 0 Å². The molecular formula is C12H11NO3S3. The lowest BCUT2D eigenvalue weighted by molar-refractivity contribution is 0.0697. The first-order valence-corrected chi connectivity index (χ1v) is 8.62. The van der Waals surface area contributed by atoms with Crippen molar-refractivity contribution >= 4 is 40.4 Å². The van der Waals surface area contributed by atoms with Crippen molar-refractivity contribution in [1.29, 1.82) is 0 Å². The van der Waals surface area contributed by atoms with Crippen LogP contribution in [-0.4, -0.2) is 34.2 Å². The van der Waals surface area contributed by atoms with Gasteiger partial charge in [-0.1, -0.05) is 0 Å². The summed E-state index contributed by atoms with van der Waals surface area (Å²) in [6.45, 7) is 0.770. The van der Waals surface area contributed by atoms with Crippen LogP contribution in [0.4, 0.5) is 0 Å². The Hall–Kier alpha value is -0.890. The molecule has 1 unspecified atom stereocenters. The largest absolute Gasteiger partial charge is 0.478 e. The van der Waals surface area contributed by atoms with Crippen molar-refractivity contribution in [3.8, 4) is 10.6 Å². The molecule has 3 heterocycles. The fourth-order valence-corrected chi connectivity index (χ4v) is 4.50. The smallest absolute Gasteiger partial charge is 0.336 e. The van der Waals surface area contributed by atoms with E-state index in [4.69, 9.17) is 9.84 Å². The van der Waals surface area contributed by atoms with Crippen molar-refractivity contribution in [3.05, 3.63) is 27.4 Å². The predicted octanol–water partition coefficient (Wildman–Crippen LogP) is 3.37. The molecule has 0 aromatic carbocycles. The molecule has 3 rings (SSSR count). The number of aromatic nitrogens is 1. The fraction of sp³-hybridized carbons (Fsp3) is 0.333. The normalized spacial score (nSPS) is 19.5. The molecule has 1 N–H and O–H groups in total. The van der Waals surface area contributed by atoms with Crippen molar-refractivity contribution in [3.63, 3.8) is 0 Å². The molecule has 4 nitrogen and oxygen atoms in total. The van der Waals surface area contributed by atoms with Gasteiger partial charge in [-0.3, -0.25) is 0 Å². The Kier molecular flexibility index (Phi) is 3.88. The summed E-state index contributed by atoms with van der Waals surface area (Å²) in [5, 5.41) is 13.5. The zero-order chi connectivity index (χ0) is 13.2. The molecule has 1 fully saturated rings. The molecule has 0 radical (unpaired) electrons. The zero-order valence-corrected chi connectivity index (χ0v) is 12.3. The molecular weight excluding hydrogens is 302 g/mol. The predicted molar refractivity (Wildman–Crippen MR) is 78.4 cm³/mol. The Morgan fingerprint density at radius 1 is 1.42 bits per heavy atom. The average molecular weight is 313 g/mol. The Morgan fingerprint density at radius 3 is 3.00 bits per heavy atom. The van der Waals surface area contributed by atoms with Crippen LogP contribution in [0.2, 0.25) is 0 Å². The number of carboxylic acid groups (broad SMARTS) is 1. The van der Waals surface area contributed by atoms with Crippen LogP contribution in [-0.2, 0) is 4.74 Å². The number of thiophene rings is 1. The van der Waals surface area contributed by atoms with E-state index in [1.165, 1.54) is 11.3 Å². The lowest BCUT2D eigenvalue weighted by atomic mass is 10.3. The Labute approximate surface area is 122 Å². The lowest BCUT2D eigenvalue weighted by Crippen LogP contribution is -2.15. The number of carbonyl (C=O) groups is 1. The van der Waals surface area contributed by atoms with E-state index in [0.717, 1.165) is 33.7 Å². The minimum absolute atomic E-state index is 0.0800. The van der Waals surface area contributed by atoms with Gasteiger partial charge in [-0.2, -0.15) is 11.8 Å². The van der Waals surface area contributed by atoms with Crippen LogP contribution in [0.3, 0.4) is 0 Å². The van der Waals surface area contributed by atoms with E-state index in [1.807, 2.05) is 17.1 Å². The maximum atomic E-state index is 10.9. The number of rotatable bonds is 3. The van der Waals surface area contributed by atoms with Crippen LogP contribution < -0.4 is 0 Å². The first-order chi connectivity index (χ1) is 9.24. The van der Waals surface area contributed by atoms with Crippen molar-refractivity contribution in [2.45, 2.75) is 6.10 Å². The van der Waals surface area contributed by atoms with E-state index in [9.17, 15) is 4.79 Å². The van der Waals surface area contributed by atoms with E-state index >= 15 is 0 Å². The number of carboxylic acids is 1. The van der Waals surface area contributed by atoms with Gasteiger partial charge in [-0.25, -0.2) is 9.78 Å². The highest BCUT2D eigenvalue weighted by atomic mass is 32.2. The third kappa shape index (κ3) is 2.84. The van der Waals surface area contributed by atoms with Crippen LogP contribution in [0.15, 0.2) is 16.8 Å². The second kappa shape index (κ2) is 5.62. The van der Waals surface area contributed by atoms with Gasteiger partial charge in [-0.05, 0) is 6.07 Å². The van der Waals surface area contributed by atoms with Crippen LogP contribution in [0.1, 0.15) is 21.5 Å². The summed E-state index contributed by atoms with van der Waals surface area (Å²) in [5.74, 6) is 1.09. The minimum Gasteiger partial charge on any atom is -0.478 e. The number of hydrogen-bond donors (Lipinski definition) is 1. The molecule has 0 spiro atoms. The van der Waals surface area contributed by atoms with E-state index in [-0.39, 0.29) is 6.10 Å². The average Bonchev–Trinajstić information content (AvgIpc) is 3.09. The SMILES string of the molecule is O=C(O)c1csc(-c2csc(C3CSCCO3)n2)c1. The second-order valence-corrected chi connectivity index (χ2v) is 6.96. The Balaban J connectivity index is 1.81. The van der Waals surface area contributed by atoms with Gasteiger partial charge in [-0.15, -0.1) is 22.7 Å². The first kappa shape index (κ1) is 13.1. The number of thioether (sulfide) groups is 1. The Bertz CT molecular complexity index is 587. The molecule has 100 valence electrons. The summed E-state index contributed by atoms with van der Waals surface area (Å²) in [4.78, 5) is 16.3. The van der Waals surface area contributed by atoms with Crippen molar-refractivity contribution in [1.82, 2.24) is 4.98 Å². The van der Waals surface area contributed by atoms with Crippen LogP contribution in [0.5, 0.6) is 0 Å². The summed E-state index contributed by atoms with van der Waals surface area (Å²) >= 11 is 4.86. The van der Waals surface area contributed by atoms with Crippen molar-refractivity contribution < 1.29 is 14.6 Å². The monoisotopic (exact) mass is 313 g/mol. The van der Waals surface area contributed by atoms with Gasteiger partial charge in [0, 0.05) is 22.3 Å². The molecule has 2 aromatic heterocycles. The molecule has 7 heteroatoms. The molecule has 1 atom stereocenters. The van der Waals surface area contributed by atoms with Gasteiger partial charge in [0.15, 0.2) is 0 Å². The molecule has 0 saturated carbocycles. The van der Waals surface area contributed by atoms with Crippen LogP contribution in [0.25, 0.3) is 10.6 Å². The summed E-state index contributed by atoms with van der Waals surface area (Å²) < 4.78 is 5.69. The first-order valence-electron chi connectivity index (χ1n) is 5.71. The third-order valence-electron chi connectivity index (χ3n) is 2.71. The Morgan fingerprint density at radius 2 is 2.32 bits per heavy atom. The summed E-state index contributed by atoms with van der Waals surface area (Å²) in [6, 6.07) is 1.67. The number of hydrogen-bond acceptors (Lipinski definition) is 6. The van der Waals surface area contributed by atoms with Crippen LogP contribution in [0, 0.1) is 0 Å². The number of thiazole rings is 1. The number of nitrogens with zero attached hydrogens (tertiary/aromatic N) is 1. The second-order valence-electron chi connectivity index (χ2n) is 4.01. The minimum atomic E-state index is -0.898. The molecule has 1 aliphatic rings. The highest BCUT2D eigenvalue weighted by molar-refractivity contribution is 7.99. The molecule has 2 aromatic rings. The standard InChI is InChI=1S/C12H11NO3S3/c14-12(15)7-3-10(18-4-7)8-5-19-11(13-8)9-6-17-2-1-16-9/h3-5,9H,1-2,6H2,(H,14,15). The topological polar surface area (TPSA) is 59.4 Å². The lowest BCUT2D eigenvalue weighted by Gasteiger charge is -2.19. The maximum absolute atomic E-state index is 10.9. The van der Waals surface area contributed by atoms with Gasteiger partial charge in [0.05, 0.1) is 22.7 Å². The van der Waals surface area contributed by atoms with E-state index in [0.29, 0.717) is 5.56 Å². The van der Waals surface area contributed by atoms with Gasteiger partial charge in [0.1, 0.15) is 11.1 Å². The van der Waals surface area contributed by atoms with Gasteiger partial charge in [0.2, 0.25) is 0 Å². The number of aromatic carboxylic acids is 1. The van der Waals surface area contributed by atoms with Crippen LogP contribution >= 0.6 is 34.4 Å². The zero-order valence-electron chi connectivity index (χ0n) is 9.87. The molecule has 0 amide bonds. The molecule has 1 aliphatic heterocycles. The molecule has 0 aliphatic carbocycles. The highest BCUT2D eigenvalue weighted by Crippen LogP contribution is 2.33. The van der Waals surface area contributed by atoms with Crippen molar-refractivity contribution in [2.24, 2.45) is 0 Å². The van der Waals surface area contributed by atoms with E-state index in [2.05, 4.69) is 4.98 Å². The van der Waals surface area contributed by atoms with Crippen molar-refractivity contribution in [2.75, 3.05) is 18.1 Å². The third-order valence-corrected chi connectivity index (χ3v) is 5.60. The van der Waals surface area contributed by atoms with Gasteiger partial charge < -0.3 is 9.84 Å². The fourth-order valence-electron chi connectivity index (χ4n) is 1.76. The molecule has 1 saturated heterocycles. The highest BCUT2D eigenvalue weighted by Gasteiger charge is 2.20. The summed E-state index contributed by atoms with van der Waals surface area (Å²) in [7, 11) is 0. The quantitative estimate of drug-likeness (QED) is 0.941. The number of ether oxygens (including phenoxy) is 1. The summed E-state index contributed by atoms with van der Waals surface area (Å²) in [5.41, 5.74) is 1.16. The van der Waals surface area contributed by atoms with Gasteiger partial charge >= 0.3 is 5.97 Å². The molecule has 19 heavy (non-hydrogen) atoms. The summed E-state index contributed by atoms with van der Waals surface area (Å²) in [6.07, 6.45) is 0.0800. The maximum Gasteiger partial charge on any atom is 0.336 e. The molecule has 0 bridgehead atoms. The van der Waals surface area contributed by atoms with E-state index < -0.39 is 5.97 Å². The van der Waals surface area contributed by atoms with E-state index in [1.54, 1.807) is 22.8 Å².